The second-order valence-electron chi connectivity index (χ2n) is 7.27. The van der Waals surface area contributed by atoms with Gasteiger partial charge in [-0.15, -0.1) is 0 Å². The Morgan fingerprint density at radius 2 is 1.56 bits per heavy atom. The minimum atomic E-state index is -0.0395. The van der Waals surface area contributed by atoms with Crippen LogP contribution in [0.3, 0.4) is 0 Å². The molecule has 0 radical (unpaired) electrons. The van der Waals surface area contributed by atoms with Crippen LogP contribution in [0, 0.1) is 0 Å². The Bertz CT molecular complexity index is 724. The van der Waals surface area contributed by atoms with Crippen molar-refractivity contribution in [1.29, 1.82) is 0 Å². The number of unbranched alkanes of at least 4 members (excludes halogenated alkanes) is 3. The summed E-state index contributed by atoms with van der Waals surface area (Å²) in [5.74, 6) is 0.162. The highest BCUT2D eigenvalue weighted by atomic mass is 16.3. The lowest BCUT2D eigenvalue weighted by Gasteiger charge is -2.09. The molecule has 0 aliphatic heterocycles. The summed E-state index contributed by atoms with van der Waals surface area (Å²) in [7, 11) is 0. The molecule has 2 aromatic rings. The molecule has 2 N–H and O–H groups in total. The number of hydrogen-bond acceptors (Lipinski definition) is 2. The lowest BCUT2D eigenvalue weighted by molar-refractivity contribution is -0.115. The van der Waals surface area contributed by atoms with Crippen molar-refractivity contribution >= 4 is 11.6 Å². The Morgan fingerprint density at radius 1 is 0.852 bits per heavy atom. The molecule has 3 heteroatoms. The molecule has 2 aromatic carbocycles. The van der Waals surface area contributed by atoms with E-state index in [0.29, 0.717) is 12.1 Å². The van der Waals surface area contributed by atoms with Crippen LogP contribution in [0.25, 0.3) is 0 Å². The second kappa shape index (κ2) is 11.4. The Hall–Kier alpha value is -2.29. The largest absolute Gasteiger partial charge is 0.508 e. The Morgan fingerprint density at radius 3 is 2.26 bits per heavy atom. The van der Waals surface area contributed by atoms with Gasteiger partial charge in [0.1, 0.15) is 5.75 Å². The van der Waals surface area contributed by atoms with Crippen molar-refractivity contribution in [3.05, 3.63) is 59.2 Å². The predicted octanol–water partition coefficient (Wildman–Crippen LogP) is 6.04. The zero-order chi connectivity index (χ0) is 19.5. The zero-order valence-electron chi connectivity index (χ0n) is 16.8. The molecule has 0 aliphatic carbocycles. The predicted molar refractivity (Wildman–Crippen MR) is 113 cm³/mol. The minimum absolute atomic E-state index is 0.0395. The molecule has 0 heterocycles. The van der Waals surface area contributed by atoms with Crippen molar-refractivity contribution in [2.75, 3.05) is 5.32 Å². The van der Waals surface area contributed by atoms with Crippen molar-refractivity contribution in [2.24, 2.45) is 0 Å². The van der Waals surface area contributed by atoms with Gasteiger partial charge in [0.15, 0.2) is 0 Å². The number of carbonyl (C=O) groups excluding carboxylic acids is 1. The van der Waals surface area contributed by atoms with Gasteiger partial charge < -0.3 is 10.4 Å². The summed E-state index contributed by atoms with van der Waals surface area (Å²) in [6.45, 7) is 4.06. The standard InChI is InChI=1S/C24H33NO2/c1-3-5-6-7-10-19-11-8-12-20(15-19)13-9-14-21-16-22(18-23(26)17-21)25-24(27)4-2/h8,11-12,15-18,26H,3-7,9-10,13-14H2,1-2H3,(H,25,27). The third-order valence-corrected chi connectivity index (χ3v) is 4.82. The summed E-state index contributed by atoms with van der Waals surface area (Å²) in [6, 6.07) is 14.3. The number of rotatable bonds is 11. The third kappa shape index (κ3) is 7.86. The number of amides is 1. The first kappa shape index (κ1) is 21.0. The molecule has 0 unspecified atom stereocenters. The monoisotopic (exact) mass is 367 g/mol. The van der Waals surface area contributed by atoms with Crippen molar-refractivity contribution in [1.82, 2.24) is 0 Å². The first-order valence-corrected chi connectivity index (χ1v) is 10.3. The van der Waals surface area contributed by atoms with E-state index in [1.54, 1.807) is 12.1 Å². The summed E-state index contributed by atoms with van der Waals surface area (Å²) in [5.41, 5.74) is 4.54. The summed E-state index contributed by atoms with van der Waals surface area (Å²) in [4.78, 5) is 11.6. The molecule has 0 saturated heterocycles. The fraction of sp³-hybridized carbons (Fsp3) is 0.458. The van der Waals surface area contributed by atoms with E-state index in [9.17, 15) is 9.90 Å². The van der Waals surface area contributed by atoms with Gasteiger partial charge in [-0.1, -0.05) is 57.4 Å². The van der Waals surface area contributed by atoms with Crippen molar-refractivity contribution in [2.45, 2.75) is 71.6 Å². The Kier molecular flexibility index (Phi) is 8.90. The highest BCUT2D eigenvalue weighted by molar-refractivity contribution is 5.90. The van der Waals surface area contributed by atoms with E-state index in [0.717, 1.165) is 24.8 Å². The lowest BCUT2D eigenvalue weighted by Crippen LogP contribution is -2.09. The molecule has 2 rings (SSSR count). The van der Waals surface area contributed by atoms with Crippen molar-refractivity contribution in [3.63, 3.8) is 0 Å². The van der Waals surface area contributed by atoms with Crippen LogP contribution < -0.4 is 5.32 Å². The number of carbonyl (C=O) groups is 1. The van der Waals surface area contributed by atoms with Crippen LogP contribution in [0.5, 0.6) is 5.75 Å². The quantitative estimate of drug-likeness (QED) is 0.476. The number of nitrogens with one attached hydrogen (secondary N) is 1. The van der Waals surface area contributed by atoms with Crippen LogP contribution in [0.1, 0.15) is 69.1 Å². The molecule has 0 atom stereocenters. The van der Waals surface area contributed by atoms with Crippen LogP contribution in [-0.2, 0) is 24.1 Å². The van der Waals surface area contributed by atoms with E-state index in [1.807, 2.05) is 13.0 Å². The highest BCUT2D eigenvalue weighted by Crippen LogP contribution is 2.22. The van der Waals surface area contributed by atoms with Gasteiger partial charge in [0.05, 0.1) is 0 Å². The van der Waals surface area contributed by atoms with Crippen LogP contribution in [0.15, 0.2) is 42.5 Å². The molecule has 0 aromatic heterocycles. The zero-order valence-corrected chi connectivity index (χ0v) is 16.8. The number of aromatic hydroxyl groups is 1. The van der Waals surface area contributed by atoms with Crippen LogP contribution in [-0.4, -0.2) is 11.0 Å². The average molecular weight is 368 g/mol. The summed E-state index contributed by atoms with van der Waals surface area (Å²) in [6.07, 6.45) is 9.70. The maximum absolute atomic E-state index is 11.6. The molecule has 0 aliphatic rings. The van der Waals surface area contributed by atoms with Gasteiger partial charge in [0.25, 0.3) is 0 Å². The van der Waals surface area contributed by atoms with Gasteiger partial charge in [0, 0.05) is 18.2 Å². The molecular weight excluding hydrogens is 334 g/mol. The Balaban J connectivity index is 1.86. The van der Waals surface area contributed by atoms with E-state index in [1.165, 1.54) is 43.2 Å². The topological polar surface area (TPSA) is 49.3 Å². The van der Waals surface area contributed by atoms with Gasteiger partial charge in [-0.2, -0.15) is 0 Å². The van der Waals surface area contributed by atoms with Crippen LogP contribution in [0.2, 0.25) is 0 Å². The van der Waals surface area contributed by atoms with E-state index in [4.69, 9.17) is 0 Å². The number of aryl methyl sites for hydroxylation is 3. The summed E-state index contributed by atoms with van der Waals surface area (Å²) >= 11 is 0. The second-order valence-corrected chi connectivity index (χ2v) is 7.27. The van der Waals surface area contributed by atoms with Crippen LogP contribution in [0.4, 0.5) is 5.69 Å². The van der Waals surface area contributed by atoms with Gasteiger partial charge in [0.2, 0.25) is 5.91 Å². The summed E-state index contributed by atoms with van der Waals surface area (Å²) in [5, 5.41) is 12.7. The first-order chi connectivity index (χ1) is 13.1. The van der Waals surface area contributed by atoms with Crippen LogP contribution >= 0.6 is 0 Å². The fourth-order valence-electron chi connectivity index (χ4n) is 3.33. The molecular formula is C24H33NO2. The minimum Gasteiger partial charge on any atom is -0.508 e. The molecule has 0 saturated carbocycles. The molecule has 0 bridgehead atoms. The smallest absolute Gasteiger partial charge is 0.224 e. The van der Waals surface area contributed by atoms with E-state index < -0.39 is 0 Å². The van der Waals surface area contributed by atoms with Gasteiger partial charge >= 0.3 is 0 Å². The lowest BCUT2D eigenvalue weighted by atomic mass is 9.99. The molecule has 3 nitrogen and oxygen atoms in total. The maximum Gasteiger partial charge on any atom is 0.224 e. The van der Waals surface area contributed by atoms with Gasteiger partial charge in [-0.05, 0) is 60.9 Å². The average Bonchev–Trinajstić information content (AvgIpc) is 2.65. The fourth-order valence-corrected chi connectivity index (χ4v) is 3.33. The molecule has 1 amide bonds. The highest BCUT2D eigenvalue weighted by Gasteiger charge is 2.04. The van der Waals surface area contributed by atoms with Crippen molar-refractivity contribution in [3.8, 4) is 5.75 Å². The van der Waals surface area contributed by atoms with E-state index in [2.05, 4.69) is 36.5 Å². The van der Waals surface area contributed by atoms with Gasteiger partial charge in [-0.25, -0.2) is 0 Å². The molecule has 0 fully saturated rings. The number of phenolic OH excluding ortho intramolecular Hbond substituents is 1. The molecule has 0 spiro atoms. The SMILES string of the molecule is CCCCCCc1cccc(CCCc2cc(O)cc(NC(=O)CC)c2)c1. The number of benzene rings is 2. The summed E-state index contributed by atoms with van der Waals surface area (Å²) < 4.78 is 0. The van der Waals surface area contributed by atoms with Crippen molar-refractivity contribution < 1.29 is 9.90 Å². The van der Waals surface area contributed by atoms with E-state index in [-0.39, 0.29) is 11.7 Å². The van der Waals surface area contributed by atoms with Gasteiger partial charge in [-0.3, -0.25) is 4.79 Å². The molecule has 146 valence electrons. The normalized spacial score (nSPS) is 10.7. The number of phenols is 1. The number of hydrogen-bond donors (Lipinski definition) is 2. The first-order valence-electron chi connectivity index (χ1n) is 10.3. The van der Waals surface area contributed by atoms with E-state index >= 15 is 0 Å². The maximum atomic E-state index is 11.6. The number of anilines is 1. The Labute approximate surface area is 163 Å². The molecule has 27 heavy (non-hydrogen) atoms. The third-order valence-electron chi connectivity index (χ3n) is 4.82.